The molecule has 5 heteroatoms. The van der Waals surface area contributed by atoms with Crippen LogP contribution >= 0.6 is 11.3 Å². The van der Waals surface area contributed by atoms with Crippen molar-refractivity contribution in [3.05, 3.63) is 46.3 Å². The number of carbonyl (C=O) groups excluding carboxylic acids is 1. The van der Waals surface area contributed by atoms with Gasteiger partial charge in [-0.2, -0.15) is 5.10 Å². The molecule has 3 aromatic rings. The molecule has 102 valence electrons. The van der Waals surface area contributed by atoms with Crippen LogP contribution in [0.5, 0.6) is 0 Å². The summed E-state index contributed by atoms with van der Waals surface area (Å²) in [5.74, 6) is 0.0370. The zero-order valence-corrected chi connectivity index (χ0v) is 12.0. The highest BCUT2D eigenvalue weighted by atomic mass is 32.1. The molecule has 0 aliphatic carbocycles. The predicted molar refractivity (Wildman–Crippen MR) is 82.1 cm³/mol. The van der Waals surface area contributed by atoms with E-state index >= 15 is 0 Å². The van der Waals surface area contributed by atoms with Crippen molar-refractivity contribution < 1.29 is 4.79 Å². The van der Waals surface area contributed by atoms with Crippen LogP contribution in [-0.4, -0.2) is 16.1 Å². The number of fused-ring (bicyclic) bond motifs is 1. The highest BCUT2D eigenvalue weighted by molar-refractivity contribution is 7.11. The van der Waals surface area contributed by atoms with Crippen molar-refractivity contribution in [2.45, 2.75) is 19.8 Å². The van der Waals surface area contributed by atoms with Gasteiger partial charge >= 0.3 is 0 Å². The second-order valence-electron chi connectivity index (χ2n) is 4.73. The minimum absolute atomic E-state index is 0.0370. The number of aromatic nitrogens is 2. The summed E-state index contributed by atoms with van der Waals surface area (Å²) in [7, 11) is 0. The fourth-order valence-corrected chi connectivity index (χ4v) is 2.98. The van der Waals surface area contributed by atoms with Gasteiger partial charge in [0, 0.05) is 27.2 Å². The molecule has 20 heavy (non-hydrogen) atoms. The zero-order chi connectivity index (χ0) is 13.9. The highest BCUT2D eigenvalue weighted by Crippen LogP contribution is 2.18. The molecule has 3 rings (SSSR count). The third-order valence-corrected chi connectivity index (χ3v) is 4.18. The predicted octanol–water partition coefficient (Wildman–Crippen LogP) is 3.50. The van der Waals surface area contributed by atoms with E-state index in [1.165, 1.54) is 9.75 Å². The number of anilines is 1. The highest BCUT2D eigenvalue weighted by Gasteiger charge is 2.05. The Morgan fingerprint density at radius 2 is 2.25 bits per heavy atom. The first-order valence-electron chi connectivity index (χ1n) is 6.49. The number of thiophene rings is 1. The molecular weight excluding hydrogens is 270 g/mol. The van der Waals surface area contributed by atoms with Crippen molar-refractivity contribution in [1.82, 2.24) is 10.2 Å². The van der Waals surface area contributed by atoms with Crippen LogP contribution in [-0.2, 0) is 11.2 Å². The number of carbonyl (C=O) groups is 1. The molecule has 0 unspecified atom stereocenters. The largest absolute Gasteiger partial charge is 0.326 e. The first kappa shape index (κ1) is 12.9. The van der Waals surface area contributed by atoms with Crippen LogP contribution in [0.25, 0.3) is 10.9 Å². The number of aromatic amines is 1. The number of benzene rings is 1. The van der Waals surface area contributed by atoms with Gasteiger partial charge in [-0.3, -0.25) is 9.89 Å². The van der Waals surface area contributed by atoms with Crippen LogP contribution in [0.2, 0.25) is 0 Å². The average molecular weight is 285 g/mol. The van der Waals surface area contributed by atoms with Crippen molar-refractivity contribution in [3.63, 3.8) is 0 Å². The molecule has 4 nitrogen and oxygen atoms in total. The van der Waals surface area contributed by atoms with Gasteiger partial charge in [0.1, 0.15) is 0 Å². The second-order valence-corrected chi connectivity index (χ2v) is 6.11. The van der Waals surface area contributed by atoms with Crippen molar-refractivity contribution in [2.24, 2.45) is 0 Å². The molecule has 0 atom stereocenters. The van der Waals surface area contributed by atoms with Gasteiger partial charge in [0.15, 0.2) is 0 Å². The maximum Gasteiger partial charge on any atom is 0.224 e. The quantitative estimate of drug-likeness (QED) is 0.770. The summed E-state index contributed by atoms with van der Waals surface area (Å²) in [6.07, 6.45) is 3.05. The number of hydrogen-bond donors (Lipinski definition) is 2. The number of amides is 1. The molecule has 0 aliphatic heterocycles. The number of H-pyrrole nitrogens is 1. The van der Waals surface area contributed by atoms with Gasteiger partial charge in [0.05, 0.1) is 11.7 Å². The maximum atomic E-state index is 11.9. The van der Waals surface area contributed by atoms with E-state index in [-0.39, 0.29) is 5.91 Å². The minimum atomic E-state index is 0.0370. The van der Waals surface area contributed by atoms with Crippen molar-refractivity contribution >= 4 is 33.8 Å². The van der Waals surface area contributed by atoms with Crippen molar-refractivity contribution in [3.8, 4) is 0 Å². The molecule has 2 aromatic heterocycles. The summed E-state index contributed by atoms with van der Waals surface area (Å²) < 4.78 is 0. The van der Waals surface area contributed by atoms with E-state index in [2.05, 4.69) is 34.6 Å². The molecule has 0 radical (unpaired) electrons. The standard InChI is InChI=1S/C15H15N3OS/c1-10-2-5-13(20-10)6-7-15(19)17-12-4-3-11-9-16-18-14(11)8-12/h2-5,8-9H,6-7H2,1H3,(H,16,18)(H,17,19). The van der Waals surface area contributed by atoms with Gasteiger partial charge in [-0.25, -0.2) is 0 Å². The molecular formula is C15H15N3OS. The summed E-state index contributed by atoms with van der Waals surface area (Å²) in [6, 6.07) is 9.91. The molecule has 0 saturated heterocycles. The van der Waals surface area contributed by atoms with Crippen LogP contribution in [0.3, 0.4) is 0 Å². The molecule has 2 heterocycles. The van der Waals surface area contributed by atoms with E-state index in [0.29, 0.717) is 6.42 Å². The average Bonchev–Trinajstić information content (AvgIpc) is 3.04. The lowest BCUT2D eigenvalue weighted by molar-refractivity contribution is -0.116. The van der Waals surface area contributed by atoms with E-state index in [4.69, 9.17) is 0 Å². The summed E-state index contributed by atoms with van der Waals surface area (Å²) >= 11 is 1.75. The smallest absolute Gasteiger partial charge is 0.224 e. The molecule has 1 aromatic carbocycles. The number of nitrogens with one attached hydrogen (secondary N) is 2. The Morgan fingerprint density at radius 1 is 1.35 bits per heavy atom. The fraction of sp³-hybridized carbons (Fsp3) is 0.200. The van der Waals surface area contributed by atoms with Crippen molar-refractivity contribution in [2.75, 3.05) is 5.32 Å². The number of nitrogens with zero attached hydrogens (tertiary/aromatic N) is 1. The molecule has 0 spiro atoms. The monoisotopic (exact) mass is 285 g/mol. The normalized spacial score (nSPS) is 10.8. The molecule has 2 N–H and O–H groups in total. The fourth-order valence-electron chi connectivity index (χ4n) is 2.09. The van der Waals surface area contributed by atoms with E-state index < -0.39 is 0 Å². The van der Waals surface area contributed by atoms with E-state index in [0.717, 1.165) is 23.0 Å². The second kappa shape index (κ2) is 5.46. The van der Waals surface area contributed by atoms with Gasteiger partial charge in [0.2, 0.25) is 5.91 Å². The van der Waals surface area contributed by atoms with Crippen molar-refractivity contribution in [1.29, 1.82) is 0 Å². The van der Waals surface area contributed by atoms with Crippen LogP contribution in [0.15, 0.2) is 36.5 Å². The van der Waals surface area contributed by atoms with Crippen LogP contribution in [0.1, 0.15) is 16.2 Å². The summed E-state index contributed by atoms with van der Waals surface area (Å²) in [6.45, 7) is 2.08. The minimum Gasteiger partial charge on any atom is -0.326 e. The lowest BCUT2D eigenvalue weighted by atomic mass is 10.2. The Balaban J connectivity index is 1.60. The Hall–Kier alpha value is -2.14. The Morgan fingerprint density at radius 3 is 3.05 bits per heavy atom. The Bertz CT molecular complexity index is 744. The first-order valence-corrected chi connectivity index (χ1v) is 7.31. The van der Waals surface area contributed by atoms with Gasteiger partial charge in [0.25, 0.3) is 0 Å². The summed E-state index contributed by atoms with van der Waals surface area (Å²) in [5, 5.41) is 10.8. The first-order chi connectivity index (χ1) is 9.70. The van der Waals surface area contributed by atoms with Crippen LogP contribution in [0, 0.1) is 6.92 Å². The van der Waals surface area contributed by atoms with Gasteiger partial charge in [-0.05, 0) is 43.7 Å². The number of aryl methyl sites for hydroxylation is 2. The van der Waals surface area contributed by atoms with E-state index in [1.54, 1.807) is 17.5 Å². The third kappa shape index (κ3) is 2.88. The Kier molecular flexibility index (Phi) is 3.52. The van der Waals surface area contributed by atoms with E-state index in [1.807, 2.05) is 18.2 Å². The molecule has 0 fully saturated rings. The van der Waals surface area contributed by atoms with Gasteiger partial charge < -0.3 is 5.32 Å². The third-order valence-electron chi connectivity index (χ3n) is 3.12. The lowest BCUT2D eigenvalue weighted by Crippen LogP contribution is -2.11. The maximum absolute atomic E-state index is 11.9. The Labute approximate surface area is 120 Å². The van der Waals surface area contributed by atoms with E-state index in [9.17, 15) is 4.79 Å². The lowest BCUT2D eigenvalue weighted by Gasteiger charge is -2.04. The molecule has 0 saturated carbocycles. The van der Waals surface area contributed by atoms with Gasteiger partial charge in [-0.1, -0.05) is 0 Å². The molecule has 0 bridgehead atoms. The topological polar surface area (TPSA) is 57.8 Å². The molecule has 0 aliphatic rings. The van der Waals surface area contributed by atoms with Crippen LogP contribution < -0.4 is 5.32 Å². The summed E-state index contributed by atoms with van der Waals surface area (Å²) in [5.41, 5.74) is 1.73. The SMILES string of the molecule is Cc1ccc(CCC(=O)Nc2ccc3cn[nH]c3c2)s1. The molecule has 1 amide bonds. The van der Waals surface area contributed by atoms with Crippen LogP contribution in [0.4, 0.5) is 5.69 Å². The van der Waals surface area contributed by atoms with Gasteiger partial charge in [-0.15, -0.1) is 11.3 Å². The summed E-state index contributed by atoms with van der Waals surface area (Å²) in [4.78, 5) is 14.5. The number of rotatable bonds is 4. The zero-order valence-electron chi connectivity index (χ0n) is 11.1. The number of hydrogen-bond acceptors (Lipinski definition) is 3.